The Hall–Kier alpha value is -2.19. The van der Waals surface area contributed by atoms with E-state index in [1.54, 1.807) is 10.6 Å². The van der Waals surface area contributed by atoms with Crippen molar-refractivity contribution < 1.29 is 14.9 Å². The lowest BCUT2D eigenvalue weighted by molar-refractivity contribution is 0.193. The smallest absolute Gasteiger partial charge is 0.234 e. The summed E-state index contributed by atoms with van der Waals surface area (Å²) in [5.74, 6) is 1.01. The number of aromatic nitrogens is 4. The molecule has 0 saturated carbocycles. The van der Waals surface area contributed by atoms with E-state index in [1.807, 2.05) is 0 Å². The van der Waals surface area contributed by atoms with Crippen LogP contribution in [-0.4, -0.2) is 43.2 Å². The fourth-order valence-corrected chi connectivity index (χ4v) is 3.31. The van der Waals surface area contributed by atoms with E-state index < -0.39 is 0 Å². The third kappa shape index (κ3) is 2.03. The maximum absolute atomic E-state index is 9.93. The van der Waals surface area contributed by atoms with Gasteiger partial charge in [0.15, 0.2) is 10.8 Å². The molecule has 3 aromatic rings. The van der Waals surface area contributed by atoms with Gasteiger partial charge in [0.2, 0.25) is 4.96 Å². The monoisotopic (exact) mass is 304 g/mol. The highest BCUT2D eigenvalue weighted by molar-refractivity contribution is 7.19. The molecule has 4 rings (SSSR count). The minimum atomic E-state index is -0.00860. The second-order valence-corrected chi connectivity index (χ2v) is 5.88. The van der Waals surface area contributed by atoms with Crippen LogP contribution in [0.15, 0.2) is 18.2 Å². The highest BCUT2D eigenvalue weighted by atomic mass is 32.1. The first-order chi connectivity index (χ1) is 10.2. The third-order valence-corrected chi connectivity index (χ3v) is 4.45. The number of hydrogen-bond donors (Lipinski definition) is 2. The van der Waals surface area contributed by atoms with E-state index >= 15 is 0 Å². The molecule has 1 saturated heterocycles. The zero-order valence-electron chi connectivity index (χ0n) is 10.9. The number of benzene rings is 1. The minimum absolute atomic E-state index is 0.00860. The molecule has 8 heteroatoms. The molecule has 1 unspecified atom stereocenters. The van der Waals surface area contributed by atoms with Gasteiger partial charge in [0, 0.05) is 18.6 Å². The first kappa shape index (κ1) is 12.5. The van der Waals surface area contributed by atoms with Gasteiger partial charge in [-0.15, -0.1) is 10.2 Å². The van der Waals surface area contributed by atoms with Crippen molar-refractivity contribution in [3.05, 3.63) is 24.0 Å². The van der Waals surface area contributed by atoms with E-state index in [1.165, 1.54) is 23.5 Å². The largest absolute Gasteiger partial charge is 0.508 e. The average molecular weight is 304 g/mol. The Bertz CT molecular complexity index is 807. The van der Waals surface area contributed by atoms with Gasteiger partial charge in [0.1, 0.15) is 11.5 Å². The molecule has 0 bridgehead atoms. The molecule has 108 valence electrons. The van der Waals surface area contributed by atoms with Crippen LogP contribution in [0.25, 0.3) is 15.5 Å². The zero-order chi connectivity index (χ0) is 14.4. The predicted octanol–water partition coefficient (Wildman–Crippen LogP) is 1.77. The number of ether oxygens (including phenoxy) is 1. The molecule has 1 fully saturated rings. The van der Waals surface area contributed by atoms with Gasteiger partial charge in [-0.1, -0.05) is 11.3 Å². The van der Waals surface area contributed by atoms with Gasteiger partial charge in [-0.3, -0.25) is 0 Å². The summed E-state index contributed by atoms with van der Waals surface area (Å²) in [6, 6.07) is 4.45. The zero-order valence-corrected chi connectivity index (χ0v) is 11.7. The normalized spacial score (nSPS) is 18.6. The van der Waals surface area contributed by atoms with Crippen LogP contribution in [0.3, 0.4) is 0 Å². The number of aromatic hydroxyl groups is 2. The fraction of sp³-hybridized carbons (Fsp3) is 0.308. The topological polar surface area (TPSA) is 92.8 Å². The quantitative estimate of drug-likeness (QED) is 0.749. The van der Waals surface area contributed by atoms with E-state index in [4.69, 9.17) is 4.74 Å². The first-order valence-corrected chi connectivity index (χ1v) is 7.36. The Morgan fingerprint density at radius 2 is 2.19 bits per heavy atom. The Balaban J connectivity index is 1.80. The van der Waals surface area contributed by atoms with Crippen LogP contribution in [0, 0.1) is 0 Å². The van der Waals surface area contributed by atoms with Gasteiger partial charge in [-0.25, -0.2) is 0 Å². The molecule has 2 aromatic heterocycles. The van der Waals surface area contributed by atoms with Crippen LogP contribution in [0.1, 0.15) is 18.2 Å². The molecule has 1 aromatic carbocycles. The molecule has 3 heterocycles. The molecule has 7 nitrogen and oxygen atoms in total. The van der Waals surface area contributed by atoms with Crippen molar-refractivity contribution in [2.24, 2.45) is 0 Å². The second kappa shape index (κ2) is 4.68. The number of rotatable bonds is 2. The average Bonchev–Trinajstić information content (AvgIpc) is 3.13. The van der Waals surface area contributed by atoms with Gasteiger partial charge in [0.25, 0.3) is 0 Å². The van der Waals surface area contributed by atoms with Gasteiger partial charge in [-0.2, -0.15) is 9.61 Å². The number of phenolic OH excluding ortho intramolecular Hbond substituents is 2. The highest BCUT2D eigenvalue weighted by Crippen LogP contribution is 2.35. The summed E-state index contributed by atoms with van der Waals surface area (Å²) in [6.07, 6.45) is 0.915. The van der Waals surface area contributed by atoms with Crippen LogP contribution in [0.4, 0.5) is 0 Å². The lowest BCUT2D eigenvalue weighted by Gasteiger charge is -2.02. The molecule has 1 aliphatic rings. The van der Waals surface area contributed by atoms with Gasteiger partial charge in [0.05, 0.1) is 12.2 Å². The van der Waals surface area contributed by atoms with E-state index in [9.17, 15) is 10.2 Å². The molecule has 2 N–H and O–H groups in total. The molecule has 0 aliphatic carbocycles. The summed E-state index contributed by atoms with van der Waals surface area (Å²) in [7, 11) is 0. The van der Waals surface area contributed by atoms with Crippen LogP contribution in [0.2, 0.25) is 0 Å². The lowest BCUT2D eigenvalue weighted by Crippen LogP contribution is -2.04. The molecule has 0 radical (unpaired) electrons. The summed E-state index contributed by atoms with van der Waals surface area (Å²) in [5.41, 5.74) is 0.567. The number of hydrogen-bond acceptors (Lipinski definition) is 7. The van der Waals surface area contributed by atoms with Crippen LogP contribution in [0.5, 0.6) is 11.5 Å². The van der Waals surface area contributed by atoms with Crippen molar-refractivity contribution in [3.63, 3.8) is 0 Å². The molecular weight excluding hydrogens is 292 g/mol. The maximum atomic E-state index is 9.93. The van der Waals surface area contributed by atoms with Crippen molar-refractivity contribution in [2.75, 3.05) is 13.2 Å². The Kier molecular flexibility index (Phi) is 2.79. The van der Waals surface area contributed by atoms with Gasteiger partial charge < -0.3 is 14.9 Å². The summed E-state index contributed by atoms with van der Waals surface area (Å²) in [4.78, 5) is 0.680. The SMILES string of the molecule is Oc1ccc(-c2nn3c(C4CCOC4)nnc3s2)c(O)c1. The molecular formula is C13H12N4O3S. The molecule has 21 heavy (non-hydrogen) atoms. The minimum Gasteiger partial charge on any atom is -0.508 e. The third-order valence-electron chi connectivity index (χ3n) is 3.52. The summed E-state index contributed by atoms with van der Waals surface area (Å²) < 4.78 is 7.09. The van der Waals surface area contributed by atoms with E-state index in [-0.39, 0.29) is 17.4 Å². The predicted molar refractivity (Wildman–Crippen MR) is 75.6 cm³/mol. The first-order valence-electron chi connectivity index (χ1n) is 6.54. The number of fused-ring (bicyclic) bond motifs is 1. The number of phenols is 2. The fourth-order valence-electron chi connectivity index (χ4n) is 2.43. The van der Waals surface area contributed by atoms with Gasteiger partial charge >= 0.3 is 0 Å². The standard InChI is InChI=1S/C13H12N4O3S/c18-8-1-2-9(10(19)5-8)12-16-17-11(7-3-4-20-6-7)14-15-13(17)21-12/h1-2,5,7,18-19H,3-4,6H2. The van der Waals surface area contributed by atoms with E-state index in [0.29, 0.717) is 22.1 Å². The second-order valence-electron chi connectivity index (χ2n) is 4.92. The maximum Gasteiger partial charge on any atom is 0.234 e. The van der Waals surface area contributed by atoms with Crippen LogP contribution in [-0.2, 0) is 4.74 Å². The van der Waals surface area contributed by atoms with Gasteiger partial charge in [-0.05, 0) is 18.6 Å². The molecule has 0 spiro atoms. The Morgan fingerprint density at radius 3 is 2.95 bits per heavy atom. The Labute approximate surface area is 123 Å². The van der Waals surface area contributed by atoms with Crippen molar-refractivity contribution in [2.45, 2.75) is 12.3 Å². The summed E-state index contributed by atoms with van der Waals surface area (Å²) in [5, 5.41) is 32.7. The Morgan fingerprint density at radius 1 is 1.29 bits per heavy atom. The lowest BCUT2D eigenvalue weighted by atomic mass is 10.1. The summed E-state index contributed by atoms with van der Waals surface area (Å²) >= 11 is 1.35. The van der Waals surface area contributed by atoms with Crippen LogP contribution >= 0.6 is 11.3 Å². The molecule has 1 atom stereocenters. The van der Waals surface area contributed by atoms with Crippen molar-refractivity contribution >= 4 is 16.3 Å². The summed E-state index contributed by atoms with van der Waals surface area (Å²) in [6.45, 7) is 1.37. The van der Waals surface area contributed by atoms with Crippen molar-refractivity contribution in [3.8, 4) is 22.1 Å². The molecule has 1 aliphatic heterocycles. The molecule has 0 amide bonds. The number of nitrogens with zero attached hydrogens (tertiary/aromatic N) is 4. The van der Waals surface area contributed by atoms with Crippen LogP contribution < -0.4 is 0 Å². The van der Waals surface area contributed by atoms with Crippen molar-refractivity contribution in [1.82, 2.24) is 19.8 Å². The van der Waals surface area contributed by atoms with E-state index in [0.717, 1.165) is 18.9 Å². The van der Waals surface area contributed by atoms with E-state index in [2.05, 4.69) is 15.3 Å². The highest BCUT2D eigenvalue weighted by Gasteiger charge is 2.25. The van der Waals surface area contributed by atoms with Crippen molar-refractivity contribution in [1.29, 1.82) is 0 Å².